The molecular weight excluding hydrogens is 257 g/mol. The number of hydrogen-bond donors (Lipinski definition) is 1. The highest BCUT2D eigenvalue weighted by atomic mass is 35.5. The van der Waals surface area contributed by atoms with Crippen molar-refractivity contribution in [1.82, 2.24) is 5.32 Å². The molecule has 2 nitrogen and oxygen atoms in total. The molecule has 1 aromatic carbocycles. The van der Waals surface area contributed by atoms with Crippen molar-refractivity contribution in [3.05, 3.63) is 33.8 Å². The Labute approximate surface area is 111 Å². The normalized spacial score (nSPS) is 24.6. The molecule has 2 atom stereocenters. The summed E-state index contributed by atoms with van der Waals surface area (Å²) in [4.78, 5) is 12.3. The minimum absolute atomic E-state index is 0.0912. The summed E-state index contributed by atoms with van der Waals surface area (Å²) in [5.74, 6) is 0.636. The molecule has 92 valence electrons. The first-order chi connectivity index (χ1) is 8.09. The van der Waals surface area contributed by atoms with E-state index in [0.29, 0.717) is 21.5 Å². The van der Waals surface area contributed by atoms with Gasteiger partial charge in [-0.2, -0.15) is 0 Å². The lowest BCUT2D eigenvalue weighted by atomic mass is 9.82. The third-order valence-corrected chi connectivity index (χ3v) is 4.07. The van der Waals surface area contributed by atoms with Gasteiger partial charge in [0.05, 0.1) is 10.0 Å². The predicted molar refractivity (Wildman–Crippen MR) is 70.9 cm³/mol. The fraction of sp³-hybridized carbons (Fsp3) is 0.462. The lowest BCUT2D eigenvalue weighted by molar-refractivity contribution is 0.0848. The van der Waals surface area contributed by atoms with Crippen molar-refractivity contribution >= 4 is 29.0 Å². The van der Waals surface area contributed by atoms with Gasteiger partial charge in [-0.05, 0) is 43.6 Å². The molecule has 0 aromatic heterocycles. The van der Waals surface area contributed by atoms with Crippen LogP contribution in [-0.2, 0) is 0 Å². The SMILES string of the molecule is CC1CNCCC1C(=O)c1ccc(Cl)c(Cl)c1. The van der Waals surface area contributed by atoms with Crippen molar-refractivity contribution < 1.29 is 4.79 Å². The zero-order valence-corrected chi connectivity index (χ0v) is 11.2. The molecular formula is C13H15Cl2NO. The van der Waals surface area contributed by atoms with E-state index < -0.39 is 0 Å². The molecule has 1 fully saturated rings. The maximum atomic E-state index is 12.3. The molecule has 1 heterocycles. The minimum Gasteiger partial charge on any atom is -0.316 e. The van der Waals surface area contributed by atoms with Gasteiger partial charge in [0.2, 0.25) is 0 Å². The Morgan fingerprint density at radius 3 is 2.76 bits per heavy atom. The number of carbonyl (C=O) groups excluding carboxylic acids is 1. The lowest BCUT2D eigenvalue weighted by Gasteiger charge is -2.28. The van der Waals surface area contributed by atoms with Gasteiger partial charge < -0.3 is 5.32 Å². The van der Waals surface area contributed by atoms with Crippen molar-refractivity contribution in [3.8, 4) is 0 Å². The van der Waals surface area contributed by atoms with Gasteiger partial charge in [0.1, 0.15) is 0 Å². The van der Waals surface area contributed by atoms with Crippen LogP contribution in [0.4, 0.5) is 0 Å². The van der Waals surface area contributed by atoms with E-state index in [2.05, 4.69) is 12.2 Å². The highest BCUT2D eigenvalue weighted by Gasteiger charge is 2.28. The standard InChI is InChI=1S/C13H15Cl2NO/c1-8-7-16-5-4-10(8)13(17)9-2-3-11(14)12(15)6-9/h2-3,6,8,10,16H,4-5,7H2,1H3. The van der Waals surface area contributed by atoms with E-state index in [-0.39, 0.29) is 11.7 Å². The summed E-state index contributed by atoms with van der Waals surface area (Å²) in [6.07, 6.45) is 0.889. The molecule has 1 N–H and O–H groups in total. The second-order valence-electron chi connectivity index (χ2n) is 4.57. The Kier molecular flexibility index (Phi) is 4.08. The van der Waals surface area contributed by atoms with Crippen LogP contribution in [0.1, 0.15) is 23.7 Å². The van der Waals surface area contributed by atoms with Crippen LogP contribution in [0.2, 0.25) is 10.0 Å². The number of piperidine rings is 1. The number of carbonyl (C=O) groups is 1. The first-order valence-corrected chi connectivity index (χ1v) is 6.55. The van der Waals surface area contributed by atoms with Gasteiger partial charge in [-0.15, -0.1) is 0 Å². The van der Waals surface area contributed by atoms with Crippen LogP contribution in [0.25, 0.3) is 0 Å². The maximum absolute atomic E-state index is 12.3. The van der Waals surface area contributed by atoms with Gasteiger partial charge in [-0.3, -0.25) is 4.79 Å². The predicted octanol–water partition coefficient (Wildman–Crippen LogP) is 3.42. The third-order valence-electron chi connectivity index (χ3n) is 3.33. The Balaban J connectivity index is 2.21. The summed E-state index contributed by atoms with van der Waals surface area (Å²) in [6.45, 7) is 3.91. The Bertz CT molecular complexity index is 433. The van der Waals surface area contributed by atoms with E-state index in [4.69, 9.17) is 23.2 Å². The minimum atomic E-state index is 0.0912. The number of nitrogens with one attached hydrogen (secondary N) is 1. The molecule has 1 aromatic rings. The largest absolute Gasteiger partial charge is 0.316 e. The van der Waals surface area contributed by atoms with Gasteiger partial charge in [0, 0.05) is 11.5 Å². The fourth-order valence-corrected chi connectivity index (χ4v) is 2.57. The van der Waals surface area contributed by atoms with Gasteiger partial charge >= 0.3 is 0 Å². The molecule has 4 heteroatoms. The van der Waals surface area contributed by atoms with Crippen molar-refractivity contribution in [1.29, 1.82) is 0 Å². The van der Waals surface area contributed by atoms with Gasteiger partial charge in [0.25, 0.3) is 0 Å². The number of Topliss-reactive ketones (excluding diaryl/α,β-unsaturated/α-hetero) is 1. The summed E-state index contributed by atoms with van der Waals surface area (Å²) >= 11 is 11.8. The van der Waals surface area contributed by atoms with E-state index in [9.17, 15) is 4.79 Å². The molecule has 1 aliphatic heterocycles. The van der Waals surface area contributed by atoms with Crippen molar-refractivity contribution in [2.75, 3.05) is 13.1 Å². The molecule has 0 bridgehead atoms. The molecule has 0 saturated carbocycles. The summed E-state index contributed by atoms with van der Waals surface area (Å²) in [5.41, 5.74) is 0.665. The molecule has 2 unspecified atom stereocenters. The first-order valence-electron chi connectivity index (χ1n) is 5.79. The van der Waals surface area contributed by atoms with Crippen LogP contribution in [0.5, 0.6) is 0 Å². The molecule has 17 heavy (non-hydrogen) atoms. The van der Waals surface area contributed by atoms with Crippen molar-refractivity contribution in [2.24, 2.45) is 11.8 Å². The third kappa shape index (κ3) is 2.82. The molecule has 0 amide bonds. The zero-order chi connectivity index (χ0) is 12.4. The number of rotatable bonds is 2. The van der Waals surface area contributed by atoms with E-state index in [1.54, 1.807) is 18.2 Å². The quantitative estimate of drug-likeness (QED) is 0.836. The van der Waals surface area contributed by atoms with E-state index in [1.165, 1.54) is 0 Å². The monoisotopic (exact) mass is 271 g/mol. The highest BCUT2D eigenvalue weighted by Crippen LogP contribution is 2.27. The van der Waals surface area contributed by atoms with Crippen LogP contribution in [0.3, 0.4) is 0 Å². The van der Waals surface area contributed by atoms with E-state index in [0.717, 1.165) is 19.5 Å². The van der Waals surface area contributed by atoms with Crippen LogP contribution >= 0.6 is 23.2 Å². The number of halogens is 2. The number of benzene rings is 1. The average Bonchev–Trinajstić information content (AvgIpc) is 2.32. The molecule has 2 rings (SSSR count). The zero-order valence-electron chi connectivity index (χ0n) is 9.67. The molecule has 0 spiro atoms. The Hall–Kier alpha value is -0.570. The lowest BCUT2D eigenvalue weighted by Crippen LogP contribution is -2.38. The van der Waals surface area contributed by atoms with Crippen LogP contribution in [0.15, 0.2) is 18.2 Å². The fourth-order valence-electron chi connectivity index (χ4n) is 2.27. The van der Waals surface area contributed by atoms with Gasteiger partial charge in [-0.1, -0.05) is 30.1 Å². The highest BCUT2D eigenvalue weighted by molar-refractivity contribution is 6.42. The first kappa shape index (κ1) is 12.9. The topological polar surface area (TPSA) is 29.1 Å². The van der Waals surface area contributed by atoms with Crippen LogP contribution in [-0.4, -0.2) is 18.9 Å². The van der Waals surface area contributed by atoms with E-state index in [1.807, 2.05) is 0 Å². The van der Waals surface area contributed by atoms with Gasteiger partial charge in [0.15, 0.2) is 5.78 Å². The van der Waals surface area contributed by atoms with E-state index >= 15 is 0 Å². The Morgan fingerprint density at radius 1 is 1.35 bits per heavy atom. The van der Waals surface area contributed by atoms with Crippen LogP contribution < -0.4 is 5.32 Å². The van der Waals surface area contributed by atoms with Gasteiger partial charge in [-0.25, -0.2) is 0 Å². The summed E-state index contributed by atoms with van der Waals surface area (Å²) in [5, 5.41) is 4.22. The van der Waals surface area contributed by atoms with Crippen LogP contribution in [0, 0.1) is 11.8 Å². The van der Waals surface area contributed by atoms with Crippen molar-refractivity contribution in [2.45, 2.75) is 13.3 Å². The average molecular weight is 272 g/mol. The second kappa shape index (κ2) is 5.38. The molecule has 1 saturated heterocycles. The summed E-state index contributed by atoms with van der Waals surface area (Å²) < 4.78 is 0. The second-order valence-corrected chi connectivity index (χ2v) is 5.38. The van der Waals surface area contributed by atoms with Crippen molar-refractivity contribution in [3.63, 3.8) is 0 Å². The summed E-state index contributed by atoms with van der Waals surface area (Å²) in [7, 11) is 0. The molecule has 1 aliphatic rings. The molecule has 0 radical (unpaired) electrons. The maximum Gasteiger partial charge on any atom is 0.166 e. The molecule has 0 aliphatic carbocycles. The number of hydrogen-bond acceptors (Lipinski definition) is 2. The smallest absolute Gasteiger partial charge is 0.166 e. The Morgan fingerprint density at radius 2 is 2.12 bits per heavy atom. The summed E-state index contributed by atoms with van der Waals surface area (Å²) in [6, 6.07) is 5.11. The number of ketones is 1.